The number of carbonyl (C=O) groups is 1. The first-order valence-electron chi connectivity index (χ1n) is 8.21. The predicted octanol–water partition coefficient (Wildman–Crippen LogP) is 5.36. The van der Waals surface area contributed by atoms with E-state index in [2.05, 4.69) is 15.3 Å². The van der Waals surface area contributed by atoms with Crippen molar-refractivity contribution < 1.29 is 14.8 Å². The van der Waals surface area contributed by atoms with Gasteiger partial charge in [0.15, 0.2) is 0 Å². The van der Waals surface area contributed by atoms with Gasteiger partial charge in [0, 0.05) is 28.8 Å². The van der Waals surface area contributed by atoms with Crippen LogP contribution in [-0.4, -0.2) is 26.0 Å². The third kappa shape index (κ3) is 3.60. The number of nitro groups is 1. The van der Waals surface area contributed by atoms with E-state index in [0.29, 0.717) is 27.3 Å². The van der Waals surface area contributed by atoms with Gasteiger partial charge in [0.1, 0.15) is 17.0 Å². The number of fused-ring (bicyclic) bond motifs is 1. The third-order valence-electron chi connectivity index (χ3n) is 4.20. The second-order valence-corrected chi connectivity index (χ2v) is 7.25. The molecule has 2 aromatic heterocycles. The molecule has 0 saturated heterocycles. The third-order valence-corrected chi connectivity index (χ3v) is 5.41. The molecule has 0 atom stereocenters. The molecule has 2 aromatic carbocycles. The van der Waals surface area contributed by atoms with E-state index in [4.69, 9.17) is 11.6 Å². The lowest BCUT2D eigenvalue weighted by atomic mass is 10.1. The summed E-state index contributed by atoms with van der Waals surface area (Å²) in [4.78, 5) is 31.2. The molecule has 29 heavy (non-hydrogen) atoms. The number of carboxylic acids is 1. The number of non-ortho nitro benzene ring substituents is 1. The first-order chi connectivity index (χ1) is 13.9. The Kier molecular flexibility index (Phi) is 4.83. The van der Waals surface area contributed by atoms with Gasteiger partial charge in [-0.2, -0.15) is 0 Å². The molecule has 2 N–H and O–H groups in total. The lowest BCUT2D eigenvalue weighted by Crippen LogP contribution is -2.00. The van der Waals surface area contributed by atoms with E-state index in [-0.39, 0.29) is 16.3 Å². The van der Waals surface area contributed by atoms with E-state index in [9.17, 15) is 20.0 Å². The maximum atomic E-state index is 11.3. The molecular formula is C19H11ClN4O4S. The Balaban J connectivity index is 1.82. The number of hydrogen-bond donors (Lipinski definition) is 2. The van der Waals surface area contributed by atoms with Crippen LogP contribution in [0.4, 0.5) is 17.2 Å². The Labute approximate surface area is 172 Å². The molecule has 2 heterocycles. The average molecular weight is 427 g/mol. The van der Waals surface area contributed by atoms with Gasteiger partial charge in [0.25, 0.3) is 5.69 Å². The summed E-state index contributed by atoms with van der Waals surface area (Å²) in [5.41, 5.74) is 1.83. The molecule has 0 aliphatic carbocycles. The van der Waals surface area contributed by atoms with Crippen LogP contribution in [0, 0.1) is 10.1 Å². The Hall–Kier alpha value is -3.56. The van der Waals surface area contributed by atoms with Crippen molar-refractivity contribution in [3.8, 4) is 11.1 Å². The molecule has 4 rings (SSSR count). The summed E-state index contributed by atoms with van der Waals surface area (Å²) >= 11 is 7.31. The molecular weight excluding hydrogens is 416 g/mol. The number of nitro benzene ring substituents is 1. The zero-order chi connectivity index (χ0) is 20.5. The number of rotatable bonds is 5. The first kappa shape index (κ1) is 18.8. The van der Waals surface area contributed by atoms with Crippen LogP contribution in [0.5, 0.6) is 0 Å². The summed E-state index contributed by atoms with van der Waals surface area (Å²) < 4.78 is 0. The Morgan fingerprint density at radius 1 is 1.21 bits per heavy atom. The van der Waals surface area contributed by atoms with Crippen LogP contribution in [-0.2, 0) is 0 Å². The predicted molar refractivity (Wildman–Crippen MR) is 111 cm³/mol. The van der Waals surface area contributed by atoms with Crippen molar-refractivity contribution in [2.75, 3.05) is 5.32 Å². The number of nitrogens with one attached hydrogen (secondary N) is 1. The van der Waals surface area contributed by atoms with E-state index >= 15 is 0 Å². The zero-order valence-corrected chi connectivity index (χ0v) is 16.1. The van der Waals surface area contributed by atoms with Gasteiger partial charge < -0.3 is 10.4 Å². The minimum Gasteiger partial charge on any atom is -0.478 e. The minimum absolute atomic E-state index is 0.0167. The van der Waals surface area contributed by atoms with Crippen molar-refractivity contribution in [3.63, 3.8) is 0 Å². The van der Waals surface area contributed by atoms with Crippen molar-refractivity contribution in [1.29, 1.82) is 0 Å². The smallest absolute Gasteiger partial charge is 0.337 e. The van der Waals surface area contributed by atoms with Gasteiger partial charge >= 0.3 is 5.97 Å². The summed E-state index contributed by atoms with van der Waals surface area (Å²) in [7, 11) is 0. The summed E-state index contributed by atoms with van der Waals surface area (Å²) in [5, 5.41) is 26.2. The molecule has 0 aliphatic heterocycles. The summed E-state index contributed by atoms with van der Waals surface area (Å²) in [6.45, 7) is 0. The van der Waals surface area contributed by atoms with Crippen LogP contribution < -0.4 is 5.32 Å². The highest BCUT2D eigenvalue weighted by molar-refractivity contribution is 7.17. The highest BCUT2D eigenvalue weighted by Gasteiger charge is 2.16. The number of halogens is 1. The van der Waals surface area contributed by atoms with Crippen molar-refractivity contribution in [1.82, 2.24) is 9.97 Å². The number of aromatic nitrogens is 2. The lowest BCUT2D eigenvalue weighted by Gasteiger charge is -2.10. The lowest BCUT2D eigenvalue weighted by molar-refractivity contribution is -0.384. The van der Waals surface area contributed by atoms with E-state index in [1.807, 2.05) is 5.38 Å². The normalized spacial score (nSPS) is 10.8. The molecule has 4 aromatic rings. The van der Waals surface area contributed by atoms with E-state index < -0.39 is 10.9 Å². The largest absolute Gasteiger partial charge is 0.478 e. The topological polar surface area (TPSA) is 118 Å². The first-order valence-corrected chi connectivity index (χ1v) is 9.46. The number of hydrogen-bond acceptors (Lipinski definition) is 7. The van der Waals surface area contributed by atoms with Gasteiger partial charge in [0.05, 0.1) is 20.9 Å². The number of anilines is 2. The van der Waals surface area contributed by atoms with Crippen molar-refractivity contribution >= 4 is 56.3 Å². The standard InChI is InChI=1S/C19H11ClN4O4S/c20-15-5-4-11(7-13(15)19(25)26)23-17-16-14(8-29-18(16)22-9-21-17)10-2-1-3-12(6-10)24(27)28/h1-9H,(H,25,26)(H,21,22,23). The Morgan fingerprint density at radius 3 is 2.79 bits per heavy atom. The molecule has 0 amide bonds. The Bertz CT molecular complexity index is 1270. The van der Waals surface area contributed by atoms with Gasteiger partial charge in [-0.05, 0) is 23.8 Å². The zero-order valence-electron chi connectivity index (χ0n) is 14.5. The molecule has 0 spiro atoms. The quantitative estimate of drug-likeness (QED) is 0.325. The van der Waals surface area contributed by atoms with E-state index in [1.165, 1.54) is 41.9 Å². The van der Waals surface area contributed by atoms with Crippen LogP contribution in [0.15, 0.2) is 54.2 Å². The second-order valence-electron chi connectivity index (χ2n) is 5.98. The molecule has 8 nitrogen and oxygen atoms in total. The number of thiophene rings is 1. The minimum atomic E-state index is -1.14. The summed E-state index contributed by atoms with van der Waals surface area (Å²) in [6, 6.07) is 10.8. The molecule has 10 heteroatoms. The van der Waals surface area contributed by atoms with Crippen LogP contribution in [0.3, 0.4) is 0 Å². The number of aromatic carboxylic acids is 1. The van der Waals surface area contributed by atoms with Gasteiger partial charge in [-0.25, -0.2) is 14.8 Å². The maximum Gasteiger partial charge on any atom is 0.337 e. The number of benzene rings is 2. The SMILES string of the molecule is O=C(O)c1cc(Nc2ncnc3scc(-c4cccc([N+](=O)[O-])c4)c23)ccc1Cl. The van der Waals surface area contributed by atoms with Gasteiger partial charge in [-0.15, -0.1) is 11.3 Å². The molecule has 0 unspecified atom stereocenters. The molecule has 144 valence electrons. The van der Waals surface area contributed by atoms with Gasteiger partial charge in [0.2, 0.25) is 0 Å². The van der Waals surface area contributed by atoms with Crippen molar-refractivity contribution in [3.05, 3.63) is 74.9 Å². The van der Waals surface area contributed by atoms with Crippen LogP contribution >= 0.6 is 22.9 Å². The summed E-state index contributed by atoms with van der Waals surface area (Å²) in [5.74, 6) is -0.685. The van der Waals surface area contributed by atoms with Crippen molar-refractivity contribution in [2.45, 2.75) is 0 Å². The fraction of sp³-hybridized carbons (Fsp3) is 0. The van der Waals surface area contributed by atoms with Gasteiger partial charge in [-0.1, -0.05) is 23.7 Å². The van der Waals surface area contributed by atoms with E-state index in [0.717, 1.165) is 5.56 Å². The molecule has 0 saturated carbocycles. The van der Waals surface area contributed by atoms with Gasteiger partial charge in [-0.3, -0.25) is 10.1 Å². The van der Waals surface area contributed by atoms with Crippen LogP contribution in [0.1, 0.15) is 10.4 Å². The fourth-order valence-corrected chi connectivity index (χ4v) is 3.99. The van der Waals surface area contributed by atoms with Crippen LogP contribution in [0.2, 0.25) is 5.02 Å². The number of carboxylic acid groups (broad SMARTS) is 1. The summed E-state index contributed by atoms with van der Waals surface area (Å²) in [6.07, 6.45) is 1.40. The number of nitrogens with zero attached hydrogens (tertiary/aromatic N) is 3. The van der Waals surface area contributed by atoms with Crippen LogP contribution in [0.25, 0.3) is 21.3 Å². The fourth-order valence-electron chi connectivity index (χ4n) is 2.87. The van der Waals surface area contributed by atoms with Crippen molar-refractivity contribution in [2.24, 2.45) is 0 Å². The highest BCUT2D eigenvalue weighted by Crippen LogP contribution is 2.38. The monoisotopic (exact) mass is 426 g/mol. The second kappa shape index (κ2) is 7.46. The average Bonchev–Trinajstić information content (AvgIpc) is 3.14. The molecule has 0 bridgehead atoms. The molecule has 0 radical (unpaired) electrons. The highest BCUT2D eigenvalue weighted by atomic mass is 35.5. The maximum absolute atomic E-state index is 11.3. The molecule has 0 fully saturated rings. The Morgan fingerprint density at radius 2 is 2.03 bits per heavy atom. The van der Waals surface area contributed by atoms with E-state index in [1.54, 1.807) is 18.2 Å². The molecule has 0 aliphatic rings.